The highest BCUT2D eigenvalue weighted by Crippen LogP contribution is 2.24. The minimum atomic E-state index is -0.555. The van der Waals surface area contributed by atoms with Crippen molar-refractivity contribution in [3.63, 3.8) is 0 Å². The molecule has 0 aliphatic rings. The Morgan fingerprint density at radius 3 is 2.14 bits per heavy atom. The predicted molar refractivity (Wildman–Crippen MR) is 90.3 cm³/mol. The Morgan fingerprint density at radius 2 is 1.59 bits per heavy atom. The van der Waals surface area contributed by atoms with Crippen LogP contribution in [-0.2, 0) is 10.2 Å². The van der Waals surface area contributed by atoms with Gasteiger partial charge in [-0.25, -0.2) is 0 Å². The van der Waals surface area contributed by atoms with E-state index in [9.17, 15) is 4.79 Å². The summed E-state index contributed by atoms with van der Waals surface area (Å²) in [6, 6.07) is 17.3. The van der Waals surface area contributed by atoms with Gasteiger partial charge in [0.2, 0.25) is 0 Å². The average Bonchev–Trinajstić information content (AvgIpc) is 2.48. The maximum Gasteiger partial charge on any atom is 0.265 e. The molecule has 2 rings (SSSR count). The Hall–Kier alpha value is -2.29. The van der Waals surface area contributed by atoms with Gasteiger partial charge in [0, 0.05) is 5.69 Å². The lowest BCUT2D eigenvalue weighted by Gasteiger charge is -2.20. The van der Waals surface area contributed by atoms with Gasteiger partial charge in [0.15, 0.2) is 6.10 Å². The second-order valence-corrected chi connectivity index (χ2v) is 6.39. The van der Waals surface area contributed by atoms with Gasteiger partial charge in [-0.2, -0.15) is 0 Å². The SMILES string of the molecule is C[C@H](Oc1ccc(C(C)(C)C)cc1)C(=O)Nc1ccccc1. The standard InChI is InChI=1S/C19H23NO2/c1-14(18(21)20-16-8-6-5-7-9-16)22-17-12-10-15(11-13-17)19(2,3)4/h5-14H,1-4H3,(H,20,21)/t14-/m0/s1. The summed E-state index contributed by atoms with van der Waals surface area (Å²) in [7, 11) is 0. The summed E-state index contributed by atoms with van der Waals surface area (Å²) >= 11 is 0. The molecular formula is C19H23NO2. The predicted octanol–water partition coefficient (Wildman–Crippen LogP) is 4.39. The smallest absolute Gasteiger partial charge is 0.265 e. The number of nitrogens with one attached hydrogen (secondary N) is 1. The zero-order valence-electron chi connectivity index (χ0n) is 13.6. The van der Waals surface area contributed by atoms with Crippen LogP contribution in [0.15, 0.2) is 54.6 Å². The summed E-state index contributed by atoms with van der Waals surface area (Å²) in [6.07, 6.45) is -0.555. The van der Waals surface area contributed by atoms with E-state index in [-0.39, 0.29) is 11.3 Å². The molecule has 1 N–H and O–H groups in total. The minimum Gasteiger partial charge on any atom is -0.481 e. The van der Waals surface area contributed by atoms with Gasteiger partial charge in [-0.15, -0.1) is 0 Å². The van der Waals surface area contributed by atoms with E-state index in [1.807, 2.05) is 54.6 Å². The Morgan fingerprint density at radius 1 is 1.00 bits per heavy atom. The van der Waals surface area contributed by atoms with Gasteiger partial charge in [0.25, 0.3) is 5.91 Å². The first-order valence-electron chi connectivity index (χ1n) is 7.49. The van der Waals surface area contributed by atoms with Crippen molar-refractivity contribution in [2.45, 2.75) is 39.2 Å². The summed E-state index contributed by atoms with van der Waals surface area (Å²) in [4.78, 5) is 12.1. The van der Waals surface area contributed by atoms with E-state index < -0.39 is 6.10 Å². The monoisotopic (exact) mass is 297 g/mol. The normalized spacial score (nSPS) is 12.5. The zero-order chi connectivity index (χ0) is 16.2. The van der Waals surface area contributed by atoms with Crippen LogP contribution in [0.3, 0.4) is 0 Å². The molecule has 0 saturated heterocycles. The number of rotatable bonds is 4. The maximum absolute atomic E-state index is 12.1. The highest BCUT2D eigenvalue weighted by molar-refractivity contribution is 5.94. The lowest BCUT2D eigenvalue weighted by Crippen LogP contribution is -2.30. The van der Waals surface area contributed by atoms with E-state index in [1.54, 1.807) is 6.92 Å². The zero-order valence-corrected chi connectivity index (χ0v) is 13.6. The number of para-hydroxylation sites is 1. The molecule has 0 fully saturated rings. The first-order valence-corrected chi connectivity index (χ1v) is 7.49. The van der Waals surface area contributed by atoms with E-state index in [1.165, 1.54) is 5.56 Å². The molecule has 3 nitrogen and oxygen atoms in total. The van der Waals surface area contributed by atoms with Crippen LogP contribution >= 0.6 is 0 Å². The average molecular weight is 297 g/mol. The molecular weight excluding hydrogens is 274 g/mol. The largest absolute Gasteiger partial charge is 0.481 e. The van der Waals surface area contributed by atoms with Crippen molar-refractivity contribution in [1.29, 1.82) is 0 Å². The number of carbonyl (C=O) groups excluding carboxylic acids is 1. The molecule has 0 aliphatic heterocycles. The first-order chi connectivity index (χ1) is 10.4. The quantitative estimate of drug-likeness (QED) is 0.909. The van der Waals surface area contributed by atoms with Crippen LogP contribution in [0.2, 0.25) is 0 Å². The highest BCUT2D eigenvalue weighted by Gasteiger charge is 2.16. The Labute approximate surface area is 132 Å². The van der Waals surface area contributed by atoms with Crippen LogP contribution in [0.1, 0.15) is 33.3 Å². The molecule has 1 amide bonds. The number of ether oxygens (including phenoxy) is 1. The summed E-state index contributed by atoms with van der Waals surface area (Å²) in [5, 5.41) is 2.83. The number of benzene rings is 2. The molecule has 0 aliphatic carbocycles. The Balaban J connectivity index is 1.96. The fourth-order valence-corrected chi connectivity index (χ4v) is 2.06. The molecule has 3 heteroatoms. The summed E-state index contributed by atoms with van der Waals surface area (Å²) in [5.74, 6) is 0.537. The van der Waals surface area contributed by atoms with Crippen LogP contribution in [0.25, 0.3) is 0 Å². The molecule has 22 heavy (non-hydrogen) atoms. The van der Waals surface area contributed by atoms with Crippen molar-refractivity contribution in [2.24, 2.45) is 0 Å². The van der Waals surface area contributed by atoms with E-state index in [0.29, 0.717) is 5.75 Å². The Bertz CT molecular complexity index is 612. The molecule has 2 aromatic carbocycles. The van der Waals surface area contributed by atoms with Gasteiger partial charge in [-0.3, -0.25) is 4.79 Å². The lowest BCUT2D eigenvalue weighted by molar-refractivity contribution is -0.122. The molecule has 0 unspecified atom stereocenters. The molecule has 1 atom stereocenters. The van der Waals surface area contributed by atoms with Crippen molar-refractivity contribution in [2.75, 3.05) is 5.32 Å². The Kier molecular flexibility index (Phi) is 4.86. The van der Waals surface area contributed by atoms with Crippen LogP contribution in [-0.4, -0.2) is 12.0 Å². The van der Waals surface area contributed by atoms with E-state index >= 15 is 0 Å². The van der Waals surface area contributed by atoms with Gasteiger partial charge in [0.1, 0.15) is 5.75 Å². The van der Waals surface area contributed by atoms with Crippen LogP contribution in [0, 0.1) is 0 Å². The molecule has 116 valence electrons. The number of hydrogen-bond acceptors (Lipinski definition) is 2. The van der Waals surface area contributed by atoms with Crippen molar-refractivity contribution >= 4 is 11.6 Å². The fraction of sp³-hybridized carbons (Fsp3) is 0.316. The number of hydrogen-bond donors (Lipinski definition) is 1. The number of amides is 1. The van der Waals surface area contributed by atoms with Gasteiger partial charge >= 0.3 is 0 Å². The van der Waals surface area contributed by atoms with Crippen molar-refractivity contribution in [3.8, 4) is 5.75 Å². The molecule has 0 bridgehead atoms. The highest BCUT2D eigenvalue weighted by atomic mass is 16.5. The molecule has 0 radical (unpaired) electrons. The number of anilines is 1. The van der Waals surface area contributed by atoms with Crippen molar-refractivity contribution in [1.82, 2.24) is 0 Å². The van der Waals surface area contributed by atoms with Gasteiger partial charge in [-0.1, -0.05) is 51.1 Å². The number of carbonyl (C=O) groups is 1. The summed E-state index contributed by atoms with van der Waals surface area (Å²) in [6.45, 7) is 8.24. The third-order valence-corrected chi connectivity index (χ3v) is 3.44. The molecule has 0 heterocycles. The second-order valence-electron chi connectivity index (χ2n) is 6.39. The third-order valence-electron chi connectivity index (χ3n) is 3.44. The molecule has 0 saturated carbocycles. The third kappa shape index (κ3) is 4.35. The summed E-state index contributed by atoms with van der Waals surface area (Å²) in [5.41, 5.74) is 2.11. The molecule has 0 spiro atoms. The van der Waals surface area contributed by atoms with E-state index in [0.717, 1.165) is 5.69 Å². The fourth-order valence-electron chi connectivity index (χ4n) is 2.06. The van der Waals surface area contributed by atoms with E-state index in [4.69, 9.17) is 4.74 Å². The minimum absolute atomic E-state index is 0.106. The van der Waals surface area contributed by atoms with Crippen LogP contribution in [0.4, 0.5) is 5.69 Å². The van der Waals surface area contributed by atoms with Gasteiger partial charge < -0.3 is 10.1 Å². The molecule has 2 aromatic rings. The van der Waals surface area contributed by atoms with Gasteiger partial charge in [0.05, 0.1) is 0 Å². The topological polar surface area (TPSA) is 38.3 Å². The van der Waals surface area contributed by atoms with Crippen LogP contribution in [0.5, 0.6) is 5.75 Å². The first kappa shape index (κ1) is 16.1. The van der Waals surface area contributed by atoms with Gasteiger partial charge in [-0.05, 0) is 42.2 Å². The lowest BCUT2D eigenvalue weighted by atomic mass is 9.87. The second kappa shape index (κ2) is 6.65. The van der Waals surface area contributed by atoms with Crippen LogP contribution < -0.4 is 10.1 Å². The van der Waals surface area contributed by atoms with E-state index in [2.05, 4.69) is 26.1 Å². The maximum atomic E-state index is 12.1. The summed E-state index contributed by atoms with van der Waals surface area (Å²) < 4.78 is 5.70. The molecule has 0 aromatic heterocycles. The van der Waals surface area contributed by atoms with Crippen molar-refractivity contribution in [3.05, 3.63) is 60.2 Å². The van der Waals surface area contributed by atoms with Crippen molar-refractivity contribution < 1.29 is 9.53 Å².